The average Bonchev–Trinajstić information content (AvgIpc) is 2.91. The highest BCUT2D eigenvalue weighted by molar-refractivity contribution is 5.93. The van der Waals surface area contributed by atoms with Crippen LogP contribution in [0.5, 0.6) is 0 Å². The molecular formula is C32H44N2O6. The van der Waals surface area contributed by atoms with Gasteiger partial charge in [-0.1, -0.05) is 62.8 Å². The molecule has 0 saturated carbocycles. The maximum absolute atomic E-state index is 12.8. The molecule has 40 heavy (non-hydrogen) atoms. The van der Waals surface area contributed by atoms with Gasteiger partial charge < -0.3 is 24.8 Å². The number of carbonyl (C=O) groups excluding carboxylic acids is 3. The predicted molar refractivity (Wildman–Crippen MR) is 157 cm³/mol. The molecule has 0 radical (unpaired) electrons. The van der Waals surface area contributed by atoms with Gasteiger partial charge in [0.15, 0.2) is 5.76 Å². The van der Waals surface area contributed by atoms with E-state index in [0.717, 1.165) is 5.57 Å². The van der Waals surface area contributed by atoms with Gasteiger partial charge in [-0.05, 0) is 38.0 Å². The summed E-state index contributed by atoms with van der Waals surface area (Å²) in [6, 6.07) is -0.747. The summed E-state index contributed by atoms with van der Waals surface area (Å²) in [5.41, 5.74) is 0.396. The molecule has 8 nitrogen and oxygen atoms in total. The molecule has 218 valence electrons. The van der Waals surface area contributed by atoms with Gasteiger partial charge in [-0.3, -0.25) is 9.59 Å². The highest BCUT2D eigenvalue weighted by Crippen LogP contribution is 2.24. The molecular weight excluding hydrogens is 508 g/mol. The molecule has 0 unspecified atom stereocenters. The quantitative estimate of drug-likeness (QED) is 0.107. The van der Waals surface area contributed by atoms with Gasteiger partial charge in [0.2, 0.25) is 11.8 Å². The van der Waals surface area contributed by atoms with Crippen LogP contribution >= 0.6 is 0 Å². The fourth-order valence-electron chi connectivity index (χ4n) is 3.78. The lowest BCUT2D eigenvalue weighted by atomic mass is 9.86. The summed E-state index contributed by atoms with van der Waals surface area (Å²) < 4.78 is 15.8. The summed E-state index contributed by atoms with van der Waals surface area (Å²) in [6.45, 7) is 13.2. The van der Waals surface area contributed by atoms with Gasteiger partial charge >= 0.3 is 5.97 Å². The maximum atomic E-state index is 12.8. The standard InChI is InChI=1S/C32H44N2O6/c1-9-11-16-25(38-7)17-14-21-33-30(36)29(32(4,5)6)34-28(35)18-13-12-15-23(3)22-24(10-2)26-19-20-27(39-8)31(37)40-26/h10,12-15,18,20-22,24-26,29H,2,16-17,19H2,1,3-8H3,(H,33,36)(H,34,35)/b15-12-,18-13-,21-14-,23-22+/t24-,25-,26-,29+/m0/s1. The van der Waals surface area contributed by atoms with Crippen LogP contribution in [0.2, 0.25) is 0 Å². The van der Waals surface area contributed by atoms with Gasteiger partial charge in [-0.15, -0.1) is 18.4 Å². The second-order valence-electron chi connectivity index (χ2n) is 10.3. The minimum absolute atomic E-state index is 0.0518. The first kappa shape index (κ1) is 34.2. The molecule has 2 amide bonds. The van der Waals surface area contributed by atoms with Crippen LogP contribution in [0, 0.1) is 23.2 Å². The number of amides is 2. The molecule has 0 aromatic rings. The summed E-state index contributed by atoms with van der Waals surface area (Å²) in [6.07, 6.45) is 16.6. The Morgan fingerprint density at radius 2 is 1.95 bits per heavy atom. The van der Waals surface area contributed by atoms with Crippen LogP contribution in [-0.2, 0) is 28.6 Å². The monoisotopic (exact) mass is 552 g/mol. The van der Waals surface area contributed by atoms with Gasteiger partial charge in [0, 0.05) is 31.9 Å². The van der Waals surface area contributed by atoms with E-state index in [4.69, 9.17) is 14.2 Å². The number of allylic oxidation sites excluding steroid dienone is 4. The molecule has 4 atom stereocenters. The Hall–Kier alpha value is -3.83. The highest BCUT2D eigenvalue weighted by atomic mass is 16.6. The fraction of sp³-hybridized carbons (Fsp3) is 0.469. The van der Waals surface area contributed by atoms with Crippen molar-refractivity contribution in [2.75, 3.05) is 14.2 Å². The Morgan fingerprint density at radius 3 is 2.52 bits per heavy atom. The van der Waals surface area contributed by atoms with Crippen molar-refractivity contribution in [2.45, 2.75) is 72.1 Å². The molecule has 0 bridgehead atoms. The second kappa shape index (κ2) is 17.7. The molecule has 0 fully saturated rings. The highest BCUT2D eigenvalue weighted by Gasteiger charge is 2.32. The first-order valence-electron chi connectivity index (χ1n) is 13.3. The topological polar surface area (TPSA) is 103 Å². The molecule has 0 spiro atoms. The summed E-state index contributed by atoms with van der Waals surface area (Å²) in [4.78, 5) is 37.4. The van der Waals surface area contributed by atoms with Crippen molar-refractivity contribution >= 4 is 17.8 Å². The van der Waals surface area contributed by atoms with E-state index in [-0.39, 0.29) is 35.7 Å². The summed E-state index contributed by atoms with van der Waals surface area (Å²) in [5.74, 6) is 4.66. The third-order valence-electron chi connectivity index (χ3n) is 6.09. The van der Waals surface area contributed by atoms with E-state index < -0.39 is 17.4 Å². The van der Waals surface area contributed by atoms with E-state index in [9.17, 15) is 14.4 Å². The van der Waals surface area contributed by atoms with E-state index in [2.05, 4.69) is 29.1 Å². The van der Waals surface area contributed by atoms with Crippen molar-refractivity contribution in [1.82, 2.24) is 10.6 Å². The fourth-order valence-corrected chi connectivity index (χ4v) is 3.78. The van der Waals surface area contributed by atoms with Gasteiger partial charge in [0.1, 0.15) is 12.1 Å². The lowest BCUT2D eigenvalue weighted by Crippen LogP contribution is -2.52. The van der Waals surface area contributed by atoms with E-state index >= 15 is 0 Å². The molecule has 2 N–H and O–H groups in total. The molecule has 0 saturated heterocycles. The van der Waals surface area contributed by atoms with Crippen molar-refractivity contribution in [3.05, 3.63) is 72.7 Å². The van der Waals surface area contributed by atoms with Crippen LogP contribution in [0.4, 0.5) is 0 Å². The van der Waals surface area contributed by atoms with E-state index in [1.165, 1.54) is 13.2 Å². The summed E-state index contributed by atoms with van der Waals surface area (Å²) in [7, 11) is 3.06. The number of rotatable bonds is 14. The third kappa shape index (κ3) is 12.4. The number of nitrogens with one attached hydrogen (secondary N) is 2. The zero-order chi connectivity index (χ0) is 30.1. The predicted octanol–water partition coefficient (Wildman–Crippen LogP) is 4.67. The number of carbonyl (C=O) groups is 3. The van der Waals surface area contributed by atoms with Gasteiger partial charge in [0.05, 0.1) is 13.2 Å². The molecule has 0 aromatic heterocycles. The van der Waals surface area contributed by atoms with Crippen molar-refractivity contribution in [3.63, 3.8) is 0 Å². The van der Waals surface area contributed by atoms with Crippen molar-refractivity contribution in [3.8, 4) is 11.8 Å². The molecule has 1 aliphatic rings. The van der Waals surface area contributed by atoms with E-state index in [1.54, 1.807) is 44.5 Å². The van der Waals surface area contributed by atoms with Crippen LogP contribution in [-0.4, -0.2) is 50.3 Å². The van der Waals surface area contributed by atoms with Crippen molar-refractivity contribution in [1.29, 1.82) is 0 Å². The minimum Gasteiger partial charge on any atom is -0.490 e. The first-order chi connectivity index (χ1) is 19.0. The van der Waals surface area contributed by atoms with Gasteiger partial charge in [0.25, 0.3) is 0 Å². The molecule has 1 aliphatic heterocycles. The van der Waals surface area contributed by atoms with E-state index in [1.807, 2.05) is 45.9 Å². The zero-order valence-corrected chi connectivity index (χ0v) is 24.8. The number of ether oxygens (including phenoxy) is 3. The Balaban J connectivity index is 2.72. The molecule has 8 heteroatoms. The zero-order valence-electron chi connectivity index (χ0n) is 24.8. The Kier molecular flexibility index (Phi) is 15.1. The van der Waals surface area contributed by atoms with Crippen molar-refractivity contribution < 1.29 is 28.6 Å². The number of cyclic esters (lactones) is 1. The summed E-state index contributed by atoms with van der Waals surface area (Å²) >= 11 is 0. The molecule has 1 heterocycles. The minimum atomic E-state index is -0.747. The van der Waals surface area contributed by atoms with Crippen LogP contribution in [0.15, 0.2) is 72.7 Å². The Morgan fingerprint density at radius 1 is 1.25 bits per heavy atom. The molecule has 0 aromatic carbocycles. The lowest BCUT2D eigenvalue weighted by Gasteiger charge is -2.29. The molecule has 0 aliphatic carbocycles. The molecule has 1 rings (SSSR count). The number of methoxy groups -OCH3 is 2. The third-order valence-corrected chi connectivity index (χ3v) is 6.09. The normalized spacial score (nSPS) is 18.4. The number of hydrogen-bond acceptors (Lipinski definition) is 6. The maximum Gasteiger partial charge on any atom is 0.373 e. The number of hydrogen-bond donors (Lipinski definition) is 2. The average molecular weight is 553 g/mol. The Labute approximate surface area is 239 Å². The smallest absolute Gasteiger partial charge is 0.373 e. The van der Waals surface area contributed by atoms with Crippen LogP contribution in [0.25, 0.3) is 0 Å². The Bertz CT molecular complexity index is 1090. The largest absolute Gasteiger partial charge is 0.490 e. The summed E-state index contributed by atoms with van der Waals surface area (Å²) in [5, 5.41) is 5.54. The lowest BCUT2D eigenvalue weighted by molar-refractivity contribution is -0.150. The van der Waals surface area contributed by atoms with Crippen molar-refractivity contribution in [2.24, 2.45) is 11.3 Å². The second-order valence-corrected chi connectivity index (χ2v) is 10.3. The van der Waals surface area contributed by atoms with Crippen LogP contribution in [0.3, 0.4) is 0 Å². The van der Waals surface area contributed by atoms with Gasteiger partial charge in [-0.25, -0.2) is 4.79 Å². The van der Waals surface area contributed by atoms with E-state index in [0.29, 0.717) is 19.3 Å². The van der Waals surface area contributed by atoms with Gasteiger partial charge in [-0.2, -0.15) is 0 Å². The first-order valence-corrected chi connectivity index (χ1v) is 13.3. The van der Waals surface area contributed by atoms with Crippen LogP contribution < -0.4 is 10.6 Å². The van der Waals surface area contributed by atoms with Crippen LogP contribution in [0.1, 0.15) is 53.9 Å². The SMILES string of the molecule is C=C[C@@H](/C=C(C)/C=C\C=C/C(=O)N[C@H](C(=O)N/C=C\C[C@H](CC#CC)OC)C(C)(C)C)[C@@H]1CC=C(OC)C(=O)O1. The number of esters is 1.